The molecule has 1 aromatic heterocycles. The smallest absolute Gasteiger partial charge is 0.274 e. The van der Waals surface area contributed by atoms with Crippen LogP contribution in [0.1, 0.15) is 11.3 Å². The predicted octanol–water partition coefficient (Wildman–Crippen LogP) is 1.40. The first kappa shape index (κ1) is 15.0. The molecule has 0 saturated heterocycles. The minimum Gasteiger partial charge on any atom is -0.503 e. The Morgan fingerprint density at radius 1 is 1.48 bits per heavy atom. The maximum absolute atomic E-state index is 11.3. The largest absolute Gasteiger partial charge is 0.503 e. The molecule has 1 heterocycles. The molecule has 0 amide bonds. The summed E-state index contributed by atoms with van der Waals surface area (Å²) in [7, 11) is 1.46. The van der Waals surface area contributed by atoms with E-state index in [1.165, 1.54) is 13.3 Å². The minimum absolute atomic E-state index is 0.0232. The van der Waals surface area contributed by atoms with Gasteiger partial charge < -0.3 is 9.84 Å². The number of anilines is 1. The topological polar surface area (TPSA) is 112 Å². The molecule has 0 aliphatic carbocycles. The summed E-state index contributed by atoms with van der Waals surface area (Å²) >= 11 is 3.24. The maximum Gasteiger partial charge on any atom is 0.274 e. The average Bonchev–Trinajstić information content (AvgIpc) is 2.47. The minimum atomic E-state index is -0.342. The van der Waals surface area contributed by atoms with Gasteiger partial charge in [0.15, 0.2) is 11.5 Å². The molecule has 3 N–H and O–H groups in total. The Bertz CT molecular complexity index is 744. The maximum atomic E-state index is 11.3. The van der Waals surface area contributed by atoms with Gasteiger partial charge in [-0.1, -0.05) is 0 Å². The van der Waals surface area contributed by atoms with Crippen LogP contribution in [-0.4, -0.2) is 33.6 Å². The molecular formula is C12H12BrN5O3. The summed E-state index contributed by atoms with van der Waals surface area (Å²) in [5.74, 6) is 0.446. The standard InChI is InChI=1S/C12H12BrN5O3/c1-6-11(20)15-12(18-16-6)17-14-5-7-3-4-8(21-2)10(19)9(7)13/h3-5,19H,1-2H3,(H2,15,17,18,20)/b14-5+. The Labute approximate surface area is 128 Å². The zero-order valence-electron chi connectivity index (χ0n) is 11.2. The lowest BCUT2D eigenvalue weighted by Gasteiger charge is -2.06. The number of hydrogen-bond donors (Lipinski definition) is 3. The van der Waals surface area contributed by atoms with Crippen LogP contribution in [0.5, 0.6) is 11.5 Å². The highest BCUT2D eigenvalue weighted by Gasteiger charge is 2.09. The lowest BCUT2D eigenvalue weighted by Crippen LogP contribution is -2.15. The van der Waals surface area contributed by atoms with Crippen LogP contribution in [0.3, 0.4) is 0 Å². The first-order chi connectivity index (χ1) is 10.0. The van der Waals surface area contributed by atoms with Crippen molar-refractivity contribution in [1.82, 2.24) is 15.2 Å². The Kier molecular flexibility index (Phi) is 4.53. The van der Waals surface area contributed by atoms with Crippen LogP contribution in [0, 0.1) is 6.92 Å². The van der Waals surface area contributed by atoms with Crippen molar-refractivity contribution in [3.05, 3.63) is 38.2 Å². The molecule has 0 saturated carbocycles. The van der Waals surface area contributed by atoms with Crippen LogP contribution in [0.25, 0.3) is 0 Å². The van der Waals surface area contributed by atoms with Crippen LogP contribution < -0.4 is 15.7 Å². The number of hydrogen-bond acceptors (Lipinski definition) is 7. The quantitative estimate of drug-likeness (QED) is 0.565. The molecule has 1 aromatic carbocycles. The monoisotopic (exact) mass is 353 g/mol. The fourth-order valence-corrected chi connectivity index (χ4v) is 1.86. The summed E-state index contributed by atoms with van der Waals surface area (Å²) in [5, 5.41) is 21.1. The lowest BCUT2D eigenvalue weighted by atomic mass is 10.2. The second-order valence-electron chi connectivity index (χ2n) is 3.98. The molecule has 9 heteroatoms. The van der Waals surface area contributed by atoms with E-state index < -0.39 is 0 Å². The van der Waals surface area contributed by atoms with Crippen molar-refractivity contribution in [3.8, 4) is 11.5 Å². The molecule has 0 bridgehead atoms. The number of benzene rings is 1. The van der Waals surface area contributed by atoms with E-state index in [9.17, 15) is 9.90 Å². The second kappa shape index (κ2) is 6.35. The van der Waals surface area contributed by atoms with Crippen molar-refractivity contribution >= 4 is 28.1 Å². The Hall–Kier alpha value is -2.42. The summed E-state index contributed by atoms with van der Waals surface area (Å²) in [5.41, 5.74) is 3.09. The number of phenols is 1. The third kappa shape index (κ3) is 3.37. The summed E-state index contributed by atoms with van der Waals surface area (Å²) in [6.07, 6.45) is 1.45. The summed E-state index contributed by atoms with van der Waals surface area (Å²) in [6.45, 7) is 1.55. The number of nitrogens with zero attached hydrogens (tertiary/aromatic N) is 3. The van der Waals surface area contributed by atoms with Crippen molar-refractivity contribution < 1.29 is 9.84 Å². The highest BCUT2D eigenvalue weighted by molar-refractivity contribution is 9.10. The number of aromatic amines is 1. The number of ether oxygens (including phenoxy) is 1. The summed E-state index contributed by atoms with van der Waals surface area (Å²) in [6, 6.07) is 3.31. The van der Waals surface area contributed by atoms with Gasteiger partial charge in [-0.2, -0.15) is 5.10 Å². The van der Waals surface area contributed by atoms with Crippen LogP contribution in [0.4, 0.5) is 5.95 Å². The fraction of sp³-hybridized carbons (Fsp3) is 0.167. The van der Waals surface area contributed by atoms with E-state index >= 15 is 0 Å². The normalized spacial score (nSPS) is 10.8. The van der Waals surface area contributed by atoms with Gasteiger partial charge in [-0.25, -0.2) is 5.43 Å². The van der Waals surface area contributed by atoms with Gasteiger partial charge in [0.05, 0.1) is 17.8 Å². The molecule has 0 aliphatic heterocycles. The van der Waals surface area contributed by atoms with Gasteiger partial charge >= 0.3 is 0 Å². The van der Waals surface area contributed by atoms with E-state index in [2.05, 4.69) is 41.6 Å². The molecular weight excluding hydrogens is 342 g/mol. The molecule has 2 aromatic rings. The number of hydrazone groups is 1. The molecule has 110 valence electrons. The molecule has 0 fully saturated rings. The number of methoxy groups -OCH3 is 1. The van der Waals surface area contributed by atoms with Gasteiger partial charge in [-0.15, -0.1) is 10.2 Å². The number of aromatic nitrogens is 3. The molecule has 0 atom stereocenters. The first-order valence-corrected chi connectivity index (χ1v) is 6.60. The van der Waals surface area contributed by atoms with Gasteiger partial charge in [0.1, 0.15) is 5.69 Å². The van der Waals surface area contributed by atoms with E-state index in [1.54, 1.807) is 19.1 Å². The van der Waals surface area contributed by atoms with Crippen molar-refractivity contribution in [2.45, 2.75) is 6.92 Å². The van der Waals surface area contributed by atoms with E-state index in [0.29, 0.717) is 15.8 Å². The van der Waals surface area contributed by atoms with E-state index in [4.69, 9.17) is 4.74 Å². The van der Waals surface area contributed by atoms with E-state index in [-0.39, 0.29) is 23.0 Å². The number of aryl methyl sites for hydroxylation is 1. The number of nitrogens with one attached hydrogen (secondary N) is 2. The number of H-pyrrole nitrogens is 1. The zero-order chi connectivity index (χ0) is 15.4. The summed E-state index contributed by atoms with van der Waals surface area (Å²) < 4.78 is 5.42. The lowest BCUT2D eigenvalue weighted by molar-refractivity contribution is 0.372. The van der Waals surface area contributed by atoms with Crippen molar-refractivity contribution in [2.24, 2.45) is 5.10 Å². The van der Waals surface area contributed by atoms with Crippen molar-refractivity contribution in [1.29, 1.82) is 0 Å². The van der Waals surface area contributed by atoms with Gasteiger partial charge in [0.2, 0.25) is 5.95 Å². The molecule has 8 nitrogen and oxygen atoms in total. The fourth-order valence-electron chi connectivity index (χ4n) is 1.43. The molecule has 0 unspecified atom stereocenters. The molecule has 2 rings (SSSR count). The van der Waals surface area contributed by atoms with E-state index in [1.807, 2.05) is 0 Å². The van der Waals surface area contributed by atoms with Gasteiger partial charge in [0.25, 0.3) is 5.56 Å². The van der Waals surface area contributed by atoms with Crippen LogP contribution in [0.15, 0.2) is 26.5 Å². The Morgan fingerprint density at radius 3 is 2.90 bits per heavy atom. The number of halogens is 1. The molecule has 21 heavy (non-hydrogen) atoms. The molecule has 0 spiro atoms. The average molecular weight is 354 g/mol. The van der Waals surface area contributed by atoms with Gasteiger partial charge in [-0.3, -0.25) is 9.78 Å². The third-order valence-electron chi connectivity index (χ3n) is 2.56. The summed E-state index contributed by atoms with van der Waals surface area (Å²) in [4.78, 5) is 13.8. The highest BCUT2D eigenvalue weighted by Crippen LogP contribution is 2.35. The number of aromatic hydroxyl groups is 1. The zero-order valence-corrected chi connectivity index (χ0v) is 12.8. The van der Waals surface area contributed by atoms with Gasteiger partial charge in [-0.05, 0) is 35.0 Å². The Morgan fingerprint density at radius 2 is 2.24 bits per heavy atom. The first-order valence-electron chi connectivity index (χ1n) is 5.81. The van der Waals surface area contributed by atoms with Crippen LogP contribution in [0.2, 0.25) is 0 Å². The van der Waals surface area contributed by atoms with Crippen molar-refractivity contribution in [3.63, 3.8) is 0 Å². The van der Waals surface area contributed by atoms with Crippen LogP contribution in [-0.2, 0) is 0 Å². The second-order valence-corrected chi connectivity index (χ2v) is 4.77. The van der Waals surface area contributed by atoms with E-state index in [0.717, 1.165) is 0 Å². The Balaban J connectivity index is 2.16. The van der Waals surface area contributed by atoms with Gasteiger partial charge in [0, 0.05) is 5.56 Å². The third-order valence-corrected chi connectivity index (χ3v) is 3.40. The SMILES string of the molecule is COc1ccc(/C=N/Nc2nnc(C)c(=O)[nH]2)c(Br)c1O. The number of phenolic OH excluding ortho intramolecular Hbond substituents is 1. The molecule has 0 radical (unpaired) electrons. The predicted molar refractivity (Wildman–Crippen MR) is 81.0 cm³/mol. The van der Waals surface area contributed by atoms with Crippen LogP contribution >= 0.6 is 15.9 Å². The highest BCUT2D eigenvalue weighted by atomic mass is 79.9. The van der Waals surface area contributed by atoms with Crippen molar-refractivity contribution in [2.75, 3.05) is 12.5 Å². The number of rotatable bonds is 4. The molecule has 0 aliphatic rings.